The van der Waals surface area contributed by atoms with E-state index in [2.05, 4.69) is 0 Å². The molecule has 3 unspecified atom stereocenters. The van der Waals surface area contributed by atoms with Crippen molar-refractivity contribution in [2.75, 3.05) is 13.2 Å². The Bertz CT molecular complexity index is 610. The van der Waals surface area contributed by atoms with Gasteiger partial charge in [-0.05, 0) is 12.1 Å². The number of hydrogen-bond donors (Lipinski definition) is 4. The van der Waals surface area contributed by atoms with Gasteiger partial charge in [-0.15, -0.1) is 0 Å². The zero-order chi connectivity index (χ0) is 17.9. The summed E-state index contributed by atoms with van der Waals surface area (Å²) in [6, 6.07) is 1.61. The Morgan fingerprint density at radius 2 is 1.88 bits per heavy atom. The molecule has 9 nitrogen and oxygen atoms in total. The molecule has 0 amide bonds. The number of phenolic OH excluding ortho intramolecular Hbond substituents is 3. The lowest BCUT2D eigenvalue weighted by molar-refractivity contribution is -0.156. The molecule has 0 aromatic heterocycles. The highest BCUT2D eigenvalue weighted by Crippen LogP contribution is 2.35. The predicted molar refractivity (Wildman–Crippen MR) is 80.5 cm³/mol. The average Bonchev–Trinajstić information content (AvgIpc) is 2.89. The van der Waals surface area contributed by atoms with E-state index in [-0.39, 0.29) is 18.2 Å². The molecular formula is C14H17BO9. The lowest BCUT2D eigenvalue weighted by Gasteiger charge is -2.16. The van der Waals surface area contributed by atoms with Gasteiger partial charge >= 0.3 is 11.9 Å². The molecule has 1 heterocycles. The summed E-state index contributed by atoms with van der Waals surface area (Å²) in [5, 5.41) is 37.0. The molecule has 24 heavy (non-hydrogen) atoms. The fourth-order valence-corrected chi connectivity index (χ4v) is 2.34. The number of ether oxygens (including phenoxy) is 3. The van der Waals surface area contributed by atoms with Crippen LogP contribution in [0.1, 0.15) is 16.8 Å². The van der Waals surface area contributed by atoms with Gasteiger partial charge in [-0.3, -0.25) is 0 Å². The summed E-state index contributed by atoms with van der Waals surface area (Å²) in [6.45, 7) is -0.988. The molecular weight excluding hydrogens is 323 g/mol. The molecule has 3 atom stereocenters. The van der Waals surface area contributed by atoms with Crippen LogP contribution < -0.4 is 0 Å². The van der Waals surface area contributed by atoms with Crippen LogP contribution in [-0.2, 0) is 19.0 Å². The van der Waals surface area contributed by atoms with Gasteiger partial charge in [0.2, 0.25) is 0 Å². The third-order valence-corrected chi connectivity index (χ3v) is 3.48. The Morgan fingerprint density at radius 1 is 1.25 bits per heavy atom. The summed E-state index contributed by atoms with van der Waals surface area (Å²) in [6.07, 6.45) is -0.825. The maximum absolute atomic E-state index is 11.8. The predicted octanol–water partition coefficient (Wildman–Crippen LogP) is -1.39. The van der Waals surface area contributed by atoms with Crippen LogP contribution in [0.4, 0.5) is 0 Å². The number of carbonyl (C=O) groups is 2. The third kappa shape index (κ3) is 4.09. The summed E-state index contributed by atoms with van der Waals surface area (Å²) in [5.74, 6) is -3.99. The maximum Gasteiger partial charge on any atom is 0.344 e. The molecule has 0 bridgehead atoms. The van der Waals surface area contributed by atoms with Gasteiger partial charge in [-0.25, -0.2) is 9.59 Å². The van der Waals surface area contributed by atoms with Crippen molar-refractivity contribution in [1.29, 1.82) is 0 Å². The van der Waals surface area contributed by atoms with E-state index in [4.69, 9.17) is 19.3 Å². The number of rotatable bonds is 5. The first kappa shape index (κ1) is 17.9. The highest BCUT2D eigenvalue weighted by Gasteiger charge is 2.35. The van der Waals surface area contributed by atoms with Crippen molar-refractivity contribution in [2.45, 2.75) is 24.6 Å². The molecule has 0 spiro atoms. The normalized spacial score (nSPS) is 23.0. The fraction of sp³-hybridized carbons (Fsp3) is 0.429. The molecule has 10 heteroatoms. The molecule has 0 radical (unpaired) electrons. The average molecular weight is 340 g/mol. The molecule has 1 aromatic carbocycles. The van der Waals surface area contributed by atoms with Crippen molar-refractivity contribution in [3.05, 3.63) is 17.7 Å². The van der Waals surface area contributed by atoms with E-state index < -0.39 is 48.0 Å². The van der Waals surface area contributed by atoms with E-state index in [0.717, 1.165) is 12.1 Å². The van der Waals surface area contributed by atoms with Crippen LogP contribution in [-0.4, -0.2) is 71.6 Å². The van der Waals surface area contributed by atoms with Crippen LogP contribution >= 0.6 is 0 Å². The molecule has 4 N–H and O–H groups in total. The minimum absolute atomic E-state index is 0.162. The number of carbonyl (C=O) groups excluding carboxylic acids is 2. The Kier molecular flexibility index (Phi) is 5.52. The van der Waals surface area contributed by atoms with E-state index >= 15 is 0 Å². The van der Waals surface area contributed by atoms with Gasteiger partial charge < -0.3 is 34.6 Å². The second-order valence-corrected chi connectivity index (χ2v) is 5.37. The second kappa shape index (κ2) is 7.41. The van der Waals surface area contributed by atoms with Gasteiger partial charge in [0.25, 0.3) is 0 Å². The lowest BCUT2D eigenvalue weighted by Crippen LogP contribution is -2.31. The number of aromatic hydroxyl groups is 3. The molecule has 1 aromatic rings. The van der Waals surface area contributed by atoms with Gasteiger partial charge in [0.05, 0.1) is 12.2 Å². The molecule has 0 aliphatic carbocycles. The minimum atomic E-state index is -0.993. The van der Waals surface area contributed by atoms with E-state index in [0.29, 0.717) is 6.42 Å². The largest absolute Gasteiger partial charge is 0.504 e. The van der Waals surface area contributed by atoms with Gasteiger partial charge in [-0.2, -0.15) is 0 Å². The summed E-state index contributed by atoms with van der Waals surface area (Å²) >= 11 is 0. The van der Waals surface area contributed by atoms with Crippen molar-refractivity contribution < 1.29 is 44.2 Å². The second-order valence-electron chi connectivity index (χ2n) is 5.37. The first-order valence-electron chi connectivity index (χ1n) is 7.19. The van der Waals surface area contributed by atoms with E-state index in [1.165, 1.54) is 0 Å². The summed E-state index contributed by atoms with van der Waals surface area (Å²) in [4.78, 5) is 23.5. The Hall–Kier alpha value is -2.46. The van der Waals surface area contributed by atoms with Crippen LogP contribution in [0.5, 0.6) is 17.2 Å². The molecule has 130 valence electrons. The zero-order valence-corrected chi connectivity index (χ0v) is 12.8. The van der Waals surface area contributed by atoms with E-state index in [1.54, 1.807) is 7.85 Å². The van der Waals surface area contributed by atoms with Crippen LogP contribution in [0.3, 0.4) is 0 Å². The third-order valence-electron chi connectivity index (χ3n) is 3.48. The monoisotopic (exact) mass is 340 g/mol. The minimum Gasteiger partial charge on any atom is -0.504 e. The number of benzene rings is 1. The Balaban J connectivity index is 1.88. The number of hydrogen-bond acceptors (Lipinski definition) is 9. The van der Waals surface area contributed by atoms with E-state index in [9.17, 15) is 24.9 Å². The van der Waals surface area contributed by atoms with Crippen LogP contribution in [0.15, 0.2) is 12.1 Å². The molecule has 0 saturated carbocycles. The lowest BCUT2D eigenvalue weighted by atomic mass is 9.96. The molecule has 1 fully saturated rings. The van der Waals surface area contributed by atoms with Crippen molar-refractivity contribution >= 4 is 19.8 Å². The van der Waals surface area contributed by atoms with Crippen LogP contribution in [0.25, 0.3) is 0 Å². The van der Waals surface area contributed by atoms with Gasteiger partial charge in [0.15, 0.2) is 23.9 Å². The summed E-state index contributed by atoms with van der Waals surface area (Å²) < 4.78 is 15.2. The Morgan fingerprint density at radius 3 is 2.46 bits per heavy atom. The molecule has 1 aliphatic rings. The first-order chi connectivity index (χ1) is 11.3. The van der Waals surface area contributed by atoms with Crippen molar-refractivity contribution in [3.8, 4) is 17.2 Å². The highest BCUT2D eigenvalue weighted by atomic mass is 16.6. The number of aliphatic hydroxyl groups is 1. The summed E-state index contributed by atoms with van der Waals surface area (Å²) in [5.41, 5.74) is -0.248. The van der Waals surface area contributed by atoms with Crippen molar-refractivity contribution in [1.82, 2.24) is 0 Å². The van der Waals surface area contributed by atoms with Gasteiger partial charge in [0, 0.05) is 12.4 Å². The van der Waals surface area contributed by atoms with Crippen LogP contribution in [0.2, 0.25) is 0 Å². The van der Waals surface area contributed by atoms with Gasteiger partial charge in [-0.1, -0.05) is 0 Å². The van der Waals surface area contributed by atoms with Crippen LogP contribution in [0, 0.1) is 0 Å². The van der Waals surface area contributed by atoms with E-state index in [1.807, 2.05) is 0 Å². The van der Waals surface area contributed by atoms with Crippen molar-refractivity contribution in [3.63, 3.8) is 0 Å². The Labute approximate surface area is 137 Å². The fourth-order valence-electron chi connectivity index (χ4n) is 2.34. The quantitative estimate of drug-likeness (QED) is 0.289. The number of esters is 2. The maximum atomic E-state index is 11.8. The molecule has 2 rings (SSSR count). The number of phenols is 3. The topological polar surface area (TPSA) is 143 Å². The SMILES string of the molecule is BC1CC(OC(=O)COC(=O)c2cc(O)c(O)c(O)c2)C(CO)O1. The molecule has 1 aliphatic heterocycles. The first-order valence-corrected chi connectivity index (χ1v) is 7.19. The molecule has 1 saturated heterocycles. The van der Waals surface area contributed by atoms with Gasteiger partial charge in [0.1, 0.15) is 20.1 Å². The highest BCUT2D eigenvalue weighted by molar-refractivity contribution is 6.11. The number of aliphatic hydroxyl groups excluding tert-OH is 1. The smallest absolute Gasteiger partial charge is 0.344 e. The zero-order valence-electron chi connectivity index (χ0n) is 12.8. The standard InChI is InChI=1S/C14H17BO9/c15-11-3-9(10(4-16)23-11)24-12(19)5-22-14(21)6-1-7(17)13(20)8(18)2-6/h1-2,9-11,16-18,20H,3-5,15H2. The summed E-state index contributed by atoms with van der Waals surface area (Å²) in [7, 11) is 1.78. The van der Waals surface area contributed by atoms with Crippen molar-refractivity contribution in [2.24, 2.45) is 0 Å².